The Labute approximate surface area is 169 Å². The lowest BCUT2D eigenvalue weighted by Gasteiger charge is -2.30. The van der Waals surface area contributed by atoms with Crippen LogP contribution in [0.1, 0.15) is 50.9 Å². The van der Waals surface area contributed by atoms with E-state index in [0.717, 1.165) is 19.4 Å². The number of sulfonamides is 1. The molecule has 1 aromatic carbocycles. The molecule has 0 radical (unpaired) electrons. The number of methoxy groups -OCH3 is 1. The molecule has 8 heteroatoms. The Morgan fingerprint density at radius 1 is 1.18 bits per heavy atom. The van der Waals surface area contributed by atoms with Crippen LogP contribution in [-0.4, -0.2) is 68.9 Å². The number of carbonyl (C=O) groups excluding carboxylic acids is 1. The van der Waals surface area contributed by atoms with E-state index in [1.54, 1.807) is 12.1 Å². The Bertz CT molecular complexity index is 764. The van der Waals surface area contributed by atoms with E-state index in [2.05, 4.69) is 37.9 Å². The number of nitrogens with zero attached hydrogens (tertiary/aromatic N) is 2. The smallest absolute Gasteiger partial charge is 0.251 e. The molecule has 0 aliphatic carbocycles. The average molecular weight is 412 g/mol. The summed E-state index contributed by atoms with van der Waals surface area (Å²) in [5.74, 6) is -0.0257. The summed E-state index contributed by atoms with van der Waals surface area (Å²) in [6.45, 7) is 10.7. The maximum Gasteiger partial charge on any atom is 0.251 e. The highest BCUT2D eigenvalue weighted by molar-refractivity contribution is 7.89. The van der Waals surface area contributed by atoms with Gasteiger partial charge in [-0.1, -0.05) is 0 Å². The quantitative estimate of drug-likeness (QED) is 0.675. The maximum atomic E-state index is 12.9. The topological polar surface area (TPSA) is 79.0 Å². The molecular weight excluding hydrogens is 378 g/mol. The summed E-state index contributed by atoms with van der Waals surface area (Å²) in [6.07, 6.45) is 1.70. The fourth-order valence-electron chi connectivity index (χ4n) is 3.60. The number of rotatable bonds is 9. The number of benzene rings is 1. The number of carbonyl (C=O) groups is 1. The van der Waals surface area contributed by atoms with Gasteiger partial charge in [-0.15, -0.1) is 0 Å². The van der Waals surface area contributed by atoms with Gasteiger partial charge in [-0.3, -0.25) is 9.69 Å². The standard InChI is InChI=1S/C20H33N3O4S/c1-15(2)23(16(3)4)13-10-21-20(24)17-8-9-18(27-5)19(14-17)28(25,26)22-11-6-7-12-22/h8-9,14-16H,6-7,10-13H2,1-5H3,(H,21,24). The molecule has 1 aromatic rings. The second-order valence-electron chi connectivity index (χ2n) is 7.66. The van der Waals surface area contributed by atoms with Gasteiger partial charge in [-0.25, -0.2) is 8.42 Å². The van der Waals surface area contributed by atoms with Crippen LogP contribution >= 0.6 is 0 Å². The summed E-state index contributed by atoms with van der Waals surface area (Å²) < 4.78 is 32.6. The van der Waals surface area contributed by atoms with Crippen molar-refractivity contribution in [2.24, 2.45) is 0 Å². The lowest BCUT2D eigenvalue weighted by atomic mass is 10.2. The van der Waals surface area contributed by atoms with Gasteiger partial charge < -0.3 is 10.1 Å². The Morgan fingerprint density at radius 3 is 2.32 bits per heavy atom. The van der Waals surface area contributed by atoms with Gasteiger partial charge in [0.2, 0.25) is 10.0 Å². The van der Waals surface area contributed by atoms with Gasteiger partial charge >= 0.3 is 0 Å². The van der Waals surface area contributed by atoms with Gasteiger partial charge in [-0.2, -0.15) is 4.31 Å². The molecule has 1 heterocycles. The van der Waals surface area contributed by atoms with Crippen LogP contribution in [0.15, 0.2) is 23.1 Å². The molecule has 1 saturated heterocycles. The number of hydrogen-bond donors (Lipinski definition) is 1. The number of hydrogen-bond acceptors (Lipinski definition) is 5. The fraction of sp³-hybridized carbons (Fsp3) is 0.650. The van der Waals surface area contributed by atoms with E-state index < -0.39 is 10.0 Å². The average Bonchev–Trinajstić information content (AvgIpc) is 3.19. The van der Waals surface area contributed by atoms with Crippen LogP contribution in [0.2, 0.25) is 0 Å². The SMILES string of the molecule is COc1ccc(C(=O)NCCN(C(C)C)C(C)C)cc1S(=O)(=O)N1CCCC1. The van der Waals surface area contributed by atoms with E-state index in [-0.39, 0.29) is 16.6 Å². The van der Waals surface area contributed by atoms with Crippen molar-refractivity contribution in [2.45, 2.75) is 57.5 Å². The van der Waals surface area contributed by atoms with Crippen molar-refractivity contribution in [3.63, 3.8) is 0 Å². The molecule has 1 aliphatic heterocycles. The van der Waals surface area contributed by atoms with Crippen molar-refractivity contribution in [1.29, 1.82) is 0 Å². The Balaban J connectivity index is 2.14. The molecule has 1 aliphatic rings. The van der Waals surface area contributed by atoms with Crippen molar-refractivity contribution in [3.8, 4) is 5.75 Å². The Morgan fingerprint density at radius 2 is 1.79 bits per heavy atom. The van der Waals surface area contributed by atoms with E-state index in [1.165, 1.54) is 17.5 Å². The van der Waals surface area contributed by atoms with Gasteiger partial charge in [0.15, 0.2) is 0 Å². The molecule has 0 atom stereocenters. The summed E-state index contributed by atoms with van der Waals surface area (Å²) >= 11 is 0. The highest BCUT2D eigenvalue weighted by Gasteiger charge is 2.30. The maximum absolute atomic E-state index is 12.9. The predicted molar refractivity (Wildman–Crippen MR) is 110 cm³/mol. The van der Waals surface area contributed by atoms with Crippen LogP contribution in [0.5, 0.6) is 5.75 Å². The van der Waals surface area contributed by atoms with E-state index in [1.807, 2.05) is 0 Å². The van der Waals surface area contributed by atoms with Crippen LogP contribution in [-0.2, 0) is 10.0 Å². The molecular formula is C20H33N3O4S. The number of nitrogens with one attached hydrogen (secondary N) is 1. The van der Waals surface area contributed by atoms with Crippen molar-refractivity contribution in [1.82, 2.24) is 14.5 Å². The van der Waals surface area contributed by atoms with Crippen molar-refractivity contribution in [2.75, 3.05) is 33.3 Å². The monoisotopic (exact) mass is 411 g/mol. The first-order valence-corrected chi connectivity index (χ1v) is 11.3. The molecule has 158 valence electrons. The highest BCUT2D eigenvalue weighted by Crippen LogP contribution is 2.29. The predicted octanol–water partition coefficient (Wildman–Crippen LogP) is 2.33. The van der Waals surface area contributed by atoms with E-state index >= 15 is 0 Å². The first kappa shape index (κ1) is 22.6. The minimum absolute atomic E-state index is 0.0514. The third-order valence-corrected chi connectivity index (χ3v) is 7.01. The van der Waals surface area contributed by atoms with Gasteiger partial charge in [0.25, 0.3) is 5.91 Å². The van der Waals surface area contributed by atoms with Crippen molar-refractivity contribution < 1.29 is 17.9 Å². The normalized spacial score (nSPS) is 15.6. The van der Waals surface area contributed by atoms with Gasteiger partial charge in [0.05, 0.1) is 7.11 Å². The third-order valence-electron chi connectivity index (χ3n) is 5.09. The zero-order valence-corrected chi connectivity index (χ0v) is 18.4. The lowest BCUT2D eigenvalue weighted by Crippen LogP contribution is -2.42. The minimum atomic E-state index is -3.67. The molecule has 7 nitrogen and oxygen atoms in total. The molecule has 0 unspecified atom stereocenters. The third kappa shape index (κ3) is 5.24. The van der Waals surface area contributed by atoms with E-state index in [0.29, 0.717) is 37.3 Å². The van der Waals surface area contributed by atoms with Gasteiger partial charge in [0.1, 0.15) is 10.6 Å². The molecule has 0 saturated carbocycles. The second kappa shape index (κ2) is 9.71. The summed E-state index contributed by atoms with van der Waals surface area (Å²) in [6, 6.07) is 5.33. The molecule has 0 spiro atoms. The van der Waals surface area contributed by atoms with Crippen LogP contribution < -0.4 is 10.1 Å². The zero-order chi connectivity index (χ0) is 20.9. The summed E-state index contributed by atoms with van der Waals surface area (Å²) in [4.78, 5) is 14.9. The number of ether oxygens (including phenoxy) is 1. The zero-order valence-electron chi connectivity index (χ0n) is 17.6. The second-order valence-corrected chi connectivity index (χ2v) is 9.56. The molecule has 1 amide bonds. The van der Waals surface area contributed by atoms with Gasteiger partial charge in [-0.05, 0) is 58.7 Å². The fourth-order valence-corrected chi connectivity index (χ4v) is 5.30. The molecule has 28 heavy (non-hydrogen) atoms. The Kier molecular flexibility index (Phi) is 7.86. The van der Waals surface area contributed by atoms with Crippen molar-refractivity contribution >= 4 is 15.9 Å². The Hall–Kier alpha value is -1.64. The van der Waals surface area contributed by atoms with E-state index in [9.17, 15) is 13.2 Å². The molecule has 1 N–H and O–H groups in total. The molecule has 2 rings (SSSR count). The summed E-state index contributed by atoms with van der Waals surface area (Å²) in [5.41, 5.74) is 0.319. The first-order valence-electron chi connectivity index (χ1n) is 9.90. The molecule has 0 aromatic heterocycles. The summed E-state index contributed by atoms with van der Waals surface area (Å²) in [5, 5.41) is 2.90. The van der Waals surface area contributed by atoms with Crippen LogP contribution in [0, 0.1) is 0 Å². The van der Waals surface area contributed by atoms with Crippen LogP contribution in [0.3, 0.4) is 0 Å². The first-order chi connectivity index (χ1) is 13.2. The molecule has 1 fully saturated rings. The van der Waals surface area contributed by atoms with E-state index in [4.69, 9.17) is 4.74 Å². The largest absolute Gasteiger partial charge is 0.495 e. The lowest BCUT2D eigenvalue weighted by molar-refractivity contribution is 0.0939. The van der Waals surface area contributed by atoms with Crippen molar-refractivity contribution in [3.05, 3.63) is 23.8 Å². The van der Waals surface area contributed by atoms with Crippen LogP contribution in [0.4, 0.5) is 0 Å². The van der Waals surface area contributed by atoms with Gasteiger partial charge in [0, 0.05) is 43.8 Å². The molecule has 0 bridgehead atoms. The number of amides is 1. The summed E-state index contributed by atoms with van der Waals surface area (Å²) in [7, 11) is -2.24. The highest BCUT2D eigenvalue weighted by atomic mass is 32.2. The van der Waals surface area contributed by atoms with Crippen LogP contribution in [0.25, 0.3) is 0 Å². The minimum Gasteiger partial charge on any atom is -0.495 e.